The van der Waals surface area contributed by atoms with Crippen LogP contribution in [0.4, 0.5) is 0 Å². The van der Waals surface area contributed by atoms with Gasteiger partial charge in [-0.3, -0.25) is 0 Å². The van der Waals surface area contributed by atoms with E-state index in [4.69, 9.17) is 4.42 Å². The zero-order valence-corrected chi connectivity index (χ0v) is 5.55. The highest BCUT2D eigenvalue weighted by Crippen LogP contribution is 2.14. The summed E-state index contributed by atoms with van der Waals surface area (Å²) >= 11 is 0. The van der Waals surface area contributed by atoms with Crippen molar-refractivity contribution < 1.29 is 4.42 Å². The van der Waals surface area contributed by atoms with E-state index in [0.717, 1.165) is 17.6 Å². The van der Waals surface area contributed by atoms with Crippen molar-refractivity contribution in [2.24, 2.45) is 0 Å². The second-order valence-electron chi connectivity index (χ2n) is 1.97. The smallest absolute Gasteiger partial charge is 0.0977 e. The van der Waals surface area contributed by atoms with Crippen molar-refractivity contribution in [3.8, 4) is 0 Å². The summed E-state index contributed by atoms with van der Waals surface area (Å²) in [4.78, 5) is 0. The normalized spacial score (nSPS) is 9.44. The molecule has 0 aliphatic heterocycles. The molecule has 0 spiro atoms. The first kappa shape index (κ1) is 6.14. The van der Waals surface area contributed by atoms with Crippen molar-refractivity contribution in [1.29, 1.82) is 0 Å². The molecule has 1 aromatic heterocycles. The van der Waals surface area contributed by atoms with Crippen LogP contribution in [0.5, 0.6) is 0 Å². The summed E-state index contributed by atoms with van der Waals surface area (Å²) in [5, 5.41) is 0. The topological polar surface area (TPSA) is 13.1 Å². The summed E-state index contributed by atoms with van der Waals surface area (Å²) in [5.41, 5.74) is 2.24. The second kappa shape index (κ2) is 2.53. The monoisotopic (exact) mass is 122 g/mol. The minimum atomic E-state index is 0.986. The van der Waals surface area contributed by atoms with Crippen molar-refractivity contribution in [1.82, 2.24) is 0 Å². The molecule has 0 fully saturated rings. The maximum absolute atomic E-state index is 4.88. The van der Waals surface area contributed by atoms with Crippen LogP contribution >= 0.6 is 0 Å². The first-order chi connectivity index (χ1) is 4.34. The Morgan fingerprint density at radius 1 is 1.78 bits per heavy atom. The zero-order chi connectivity index (χ0) is 6.69. The zero-order valence-electron chi connectivity index (χ0n) is 5.55. The molecule has 0 saturated heterocycles. The van der Waals surface area contributed by atoms with Gasteiger partial charge in [0.25, 0.3) is 0 Å². The quantitative estimate of drug-likeness (QED) is 0.587. The predicted octanol–water partition coefficient (Wildman–Crippen LogP) is 2.70. The molecule has 0 atom stereocenters. The van der Waals surface area contributed by atoms with Crippen molar-refractivity contribution in [3.05, 3.63) is 30.7 Å². The van der Waals surface area contributed by atoms with Gasteiger partial charge < -0.3 is 4.42 Å². The molecule has 48 valence electrons. The van der Waals surface area contributed by atoms with E-state index in [1.54, 1.807) is 12.5 Å². The Labute approximate surface area is 55.0 Å². The molecule has 0 aliphatic rings. The molecule has 1 nitrogen and oxygen atoms in total. The van der Waals surface area contributed by atoms with Crippen molar-refractivity contribution >= 4 is 5.57 Å². The Bertz CT molecular complexity index is 184. The van der Waals surface area contributed by atoms with Crippen LogP contribution in [-0.2, 0) is 0 Å². The Balaban J connectivity index is 2.77. The SMILES string of the molecule is C=C(CC)c1ccoc1. The fourth-order valence-corrected chi connectivity index (χ4v) is 0.670. The lowest BCUT2D eigenvalue weighted by molar-refractivity contribution is 0.566. The lowest BCUT2D eigenvalue weighted by atomic mass is 10.1. The summed E-state index contributed by atoms with van der Waals surface area (Å²) in [6.07, 6.45) is 4.36. The largest absolute Gasteiger partial charge is 0.472 e. The van der Waals surface area contributed by atoms with Crippen LogP contribution in [0.1, 0.15) is 18.9 Å². The molecular weight excluding hydrogens is 112 g/mol. The van der Waals surface area contributed by atoms with E-state index in [1.807, 2.05) is 6.07 Å². The number of rotatable bonds is 2. The maximum atomic E-state index is 4.88. The van der Waals surface area contributed by atoms with E-state index in [9.17, 15) is 0 Å². The number of hydrogen-bond acceptors (Lipinski definition) is 1. The number of furan rings is 1. The molecule has 0 bridgehead atoms. The standard InChI is InChI=1S/C8H10O/c1-3-7(2)8-4-5-9-6-8/h4-6H,2-3H2,1H3. The molecule has 0 radical (unpaired) electrons. The summed E-state index contributed by atoms with van der Waals surface area (Å²) in [5.74, 6) is 0. The molecule has 0 unspecified atom stereocenters. The molecule has 0 N–H and O–H groups in total. The van der Waals surface area contributed by atoms with Gasteiger partial charge >= 0.3 is 0 Å². The fraction of sp³-hybridized carbons (Fsp3) is 0.250. The van der Waals surface area contributed by atoms with Gasteiger partial charge in [0, 0.05) is 5.56 Å². The molecule has 1 aromatic rings. The van der Waals surface area contributed by atoms with Gasteiger partial charge in [-0.15, -0.1) is 0 Å². The van der Waals surface area contributed by atoms with Gasteiger partial charge in [0.2, 0.25) is 0 Å². The van der Waals surface area contributed by atoms with Gasteiger partial charge in [0.05, 0.1) is 12.5 Å². The molecule has 1 heterocycles. The van der Waals surface area contributed by atoms with E-state index in [2.05, 4.69) is 13.5 Å². The summed E-state index contributed by atoms with van der Waals surface area (Å²) < 4.78 is 4.88. The Morgan fingerprint density at radius 2 is 2.56 bits per heavy atom. The van der Waals surface area contributed by atoms with Crippen LogP contribution in [0.25, 0.3) is 5.57 Å². The maximum Gasteiger partial charge on any atom is 0.0977 e. The average molecular weight is 122 g/mol. The summed E-state index contributed by atoms with van der Waals surface area (Å²) in [6.45, 7) is 5.93. The van der Waals surface area contributed by atoms with Gasteiger partial charge in [-0.05, 0) is 18.1 Å². The third-order valence-electron chi connectivity index (χ3n) is 1.36. The van der Waals surface area contributed by atoms with Crippen molar-refractivity contribution in [3.63, 3.8) is 0 Å². The highest BCUT2D eigenvalue weighted by atomic mass is 16.3. The minimum absolute atomic E-state index is 0.986. The highest BCUT2D eigenvalue weighted by Gasteiger charge is 1.94. The molecule has 9 heavy (non-hydrogen) atoms. The molecular formula is C8H10O. The van der Waals surface area contributed by atoms with Crippen LogP contribution < -0.4 is 0 Å². The first-order valence-corrected chi connectivity index (χ1v) is 3.05. The van der Waals surface area contributed by atoms with E-state index < -0.39 is 0 Å². The molecule has 0 aliphatic carbocycles. The van der Waals surface area contributed by atoms with Gasteiger partial charge in [0.15, 0.2) is 0 Å². The van der Waals surface area contributed by atoms with Crippen molar-refractivity contribution in [2.75, 3.05) is 0 Å². The van der Waals surface area contributed by atoms with E-state index in [-0.39, 0.29) is 0 Å². The molecule has 0 amide bonds. The van der Waals surface area contributed by atoms with Gasteiger partial charge in [-0.25, -0.2) is 0 Å². The lowest BCUT2D eigenvalue weighted by Gasteiger charge is -1.92. The third kappa shape index (κ3) is 1.22. The number of hydrogen-bond donors (Lipinski definition) is 0. The first-order valence-electron chi connectivity index (χ1n) is 3.05. The van der Waals surface area contributed by atoms with Crippen LogP contribution in [0.3, 0.4) is 0 Å². The van der Waals surface area contributed by atoms with Gasteiger partial charge in [0.1, 0.15) is 0 Å². The predicted molar refractivity (Wildman–Crippen MR) is 38.0 cm³/mol. The van der Waals surface area contributed by atoms with Gasteiger partial charge in [-0.1, -0.05) is 13.5 Å². The lowest BCUT2D eigenvalue weighted by Crippen LogP contribution is -1.72. The summed E-state index contributed by atoms with van der Waals surface area (Å²) in [6, 6.07) is 1.92. The molecule has 0 saturated carbocycles. The fourth-order valence-electron chi connectivity index (χ4n) is 0.670. The number of allylic oxidation sites excluding steroid dienone is 1. The van der Waals surface area contributed by atoms with Crippen LogP contribution in [0.15, 0.2) is 29.6 Å². The molecule has 0 aromatic carbocycles. The Morgan fingerprint density at radius 3 is 3.00 bits per heavy atom. The Kier molecular flexibility index (Phi) is 1.73. The third-order valence-corrected chi connectivity index (χ3v) is 1.36. The van der Waals surface area contributed by atoms with E-state index >= 15 is 0 Å². The second-order valence-corrected chi connectivity index (χ2v) is 1.97. The highest BCUT2D eigenvalue weighted by molar-refractivity contribution is 5.61. The average Bonchev–Trinajstić information content (AvgIpc) is 2.37. The molecule has 1 rings (SSSR count). The van der Waals surface area contributed by atoms with Gasteiger partial charge in [-0.2, -0.15) is 0 Å². The van der Waals surface area contributed by atoms with Crippen molar-refractivity contribution in [2.45, 2.75) is 13.3 Å². The van der Waals surface area contributed by atoms with E-state index in [1.165, 1.54) is 0 Å². The van der Waals surface area contributed by atoms with Crippen LogP contribution in [0.2, 0.25) is 0 Å². The van der Waals surface area contributed by atoms with E-state index in [0.29, 0.717) is 0 Å². The Hall–Kier alpha value is -0.980. The van der Waals surface area contributed by atoms with Crippen LogP contribution in [-0.4, -0.2) is 0 Å². The summed E-state index contributed by atoms with van der Waals surface area (Å²) in [7, 11) is 0. The molecule has 1 heteroatoms. The minimum Gasteiger partial charge on any atom is -0.472 e. The van der Waals surface area contributed by atoms with Crippen LogP contribution in [0, 0.1) is 0 Å².